The van der Waals surface area contributed by atoms with E-state index >= 15 is 0 Å². The summed E-state index contributed by atoms with van der Waals surface area (Å²) in [6, 6.07) is -0.491. The molecule has 0 aromatic rings. The lowest BCUT2D eigenvalue weighted by Gasteiger charge is -2.09. The summed E-state index contributed by atoms with van der Waals surface area (Å²) in [6.07, 6.45) is 0. The molecular weight excluding hydrogens is 152 g/mol. The van der Waals surface area contributed by atoms with Gasteiger partial charge in [-0.2, -0.15) is 0 Å². The Morgan fingerprint density at radius 1 is 1.08 bits per heavy atom. The second kappa shape index (κ2) is 13.1. The van der Waals surface area contributed by atoms with E-state index in [1.54, 1.807) is 0 Å². The normalized spacial score (nSPS) is 10.3. The summed E-state index contributed by atoms with van der Waals surface area (Å²) in [5, 5.41) is 0. The lowest BCUT2D eigenvalue weighted by atomic mass is 10.1. The first-order chi connectivity index (χ1) is 5.55. The van der Waals surface area contributed by atoms with Crippen LogP contribution in [0.2, 0.25) is 0 Å². The number of carbonyl (C=O) groups is 1. The SMILES string of the molecule is CC.CC.CC(C)C(N)C(N)=O. The summed E-state index contributed by atoms with van der Waals surface area (Å²) < 4.78 is 0. The number of hydrogen-bond donors (Lipinski definition) is 2. The number of rotatable bonds is 2. The van der Waals surface area contributed by atoms with Crippen LogP contribution in [0.25, 0.3) is 0 Å². The molecule has 0 spiro atoms. The molecule has 0 bridgehead atoms. The van der Waals surface area contributed by atoms with Crippen LogP contribution in [0.15, 0.2) is 0 Å². The van der Waals surface area contributed by atoms with Gasteiger partial charge in [0.1, 0.15) is 0 Å². The second-order valence-electron chi connectivity index (χ2n) is 2.17. The summed E-state index contributed by atoms with van der Waals surface area (Å²) in [5.74, 6) is -0.285. The van der Waals surface area contributed by atoms with Gasteiger partial charge in [0.15, 0.2) is 0 Å². The molecule has 0 aliphatic carbocycles. The molecule has 0 aliphatic rings. The molecule has 1 unspecified atom stereocenters. The van der Waals surface area contributed by atoms with Gasteiger partial charge < -0.3 is 11.5 Å². The fourth-order valence-electron chi connectivity index (χ4n) is 0.329. The lowest BCUT2D eigenvalue weighted by Crippen LogP contribution is -2.40. The Hall–Kier alpha value is -0.570. The average molecular weight is 176 g/mol. The Morgan fingerprint density at radius 3 is 1.33 bits per heavy atom. The van der Waals surface area contributed by atoms with E-state index < -0.39 is 11.9 Å². The Morgan fingerprint density at radius 2 is 1.33 bits per heavy atom. The van der Waals surface area contributed by atoms with Crippen LogP contribution in [0.1, 0.15) is 41.5 Å². The van der Waals surface area contributed by atoms with Gasteiger partial charge in [-0.25, -0.2) is 0 Å². The van der Waals surface area contributed by atoms with E-state index in [4.69, 9.17) is 11.5 Å². The highest BCUT2D eigenvalue weighted by Crippen LogP contribution is 1.95. The molecule has 0 aromatic heterocycles. The molecule has 0 rings (SSSR count). The van der Waals surface area contributed by atoms with Crippen LogP contribution in [0.5, 0.6) is 0 Å². The van der Waals surface area contributed by atoms with Crippen molar-refractivity contribution in [2.24, 2.45) is 17.4 Å². The van der Waals surface area contributed by atoms with Crippen LogP contribution < -0.4 is 11.5 Å². The Balaban J connectivity index is -0.000000175. The van der Waals surface area contributed by atoms with Crippen LogP contribution in [0.3, 0.4) is 0 Å². The van der Waals surface area contributed by atoms with E-state index in [-0.39, 0.29) is 5.92 Å². The smallest absolute Gasteiger partial charge is 0.234 e. The monoisotopic (exact) mass is 176 g/mol. The van der Waals surface area contributed by atoms with Gasteiger partial charge in [0.05, 0.1) is 6.04 Å². The van der Waals surface area contributed by atoms with Crippen molar-refractivity contribution in [3.05, 3.63) is 0 Å². The molecule has 1 amide bonds. The van der Waals surface area contributed by atoms with Gasteiger partial charge in [0, 0.05) is 0 Å². The molecule has 4 N–H and O–H groups in total. The highest BCUT2D eigenvalue weighted by molar-refractivity contribution is 5.79. The molecule has 0 radical (unpaired) electrons. The molecule has 3 nitrogen and oxygen atoms in total. The first-order valence-electron chi connectivity index (χ1n) is 4.60. The molecule has 3 heteroatoms. The zero-order valence-corrected chi connectivity index (χ0v) is 9.22. The summed E-state index contributed by atoms with van der Waals surface area (Å²) >= 11 is 0. The van der Waals surface area contributed by atoms with Gasteiger partial charge in [-0.15, -0.1) is 0 Å². The van der Waals surface area contributed by atoms with Crippen molar-refractivity contribution < 1.29 is 4.79 Å². The molecular formula is C9H24N2O. The number of hydrogen-bond acceptors (Lipinski definition) is 2. The fourth-order valence-corrected chi connectivity index (χ4v) is 0.329. The summed E-state index contributed by atoms with van der Waals surface area (Å²) in [7, 11) is 0. The quantitative estimate of drug-likeness (QED) is 0.669. The highest BCUT2D eigenvalue weighted by atomic mass is 16.1. The molecule has 0 saturated heterocycles. The van der Waals surface area contributed by atoms with Gasteiger partial charge >= 0.3 is 0 Å². The Labute approximate surface area is 76.5 Å². The highest BCUT2D eigenvalue weighted by Gasteiger charge is 2.12. The molecule has 0 aliphatic heterocycles. The van der Waals surface area contributed by atoms with Crippen LogP contribution in [-0.4, -0.2) is 11.9 Å². The van der Waals surface area contributed by atoms with E-state index in [1.165, 1.54) is 0 Å². The summed E-state index contributed by atoms with van der Waals surface area (Å²) in [4.78, 5) is 10.2. The number of nitrogens with two attached hydrogens (primary N) is 2. The van der Waals surface area contributed by atoms with E-state index in [9.17, 15) is 4.79 Å². The minimum atomic E-state index is -0.491. The third-order valence-corrected chi connectivity index (χ3v) is 1.05. The number of carbonyl (C=O) groups excluding carboxylic acids is 1. The lowest BCUT2D eigenvalue weighted by molar-refractivity contribution is -0.120. The molecule has 0 fully saturated rings. The molecule has 1 atom stereocenters. The molecule has 0 saturated carbocycles. The van der Waals surface area contributed by atoms with Crippen molar-refractivity contribution in [2.45, 2.75) is 47.6 Å². The maximum atomic E-state index is 10.2. The molecule has 76 valence electrons. The van der Waals surface area contributed by atoms with Gasteiger partial charge in [-0.1, -0.05) is 41.5 Å². The standard InChI is InChI=1S/C5H12N2O.2C2H6/c1-3(2)4(6)5(7)8;2*1-2/h3-4H,6H2,1-2H3,(H2,7,8);2*1-2H3. The maximum Gasteiger partial charge on any atom is 0.234 e. The van der Waals surface area contributed by atoms with Gasteiger partial charge in [-0.05, 0) is 5.92 Å². The van der Waals surface area contributed by atoms with E-state index in [2.05, 4.69) is 0 Å². The second-order valence-corrected chi connectivity index (χ2v) is 2.17. The number of amides is 1. The van der Waals surface area contributed by atoms with E-state index in [1.807, 2.05) is 41.5 Å². The zero-order chi connectivity index (χ0) is 10.7. The molecule has 0 aromatic carbocycles. The minimum absolute atomic E-state index is 0.146. The van der Waals surface area contributed by atoms with Crippen molar-refractivity contribution in [1.82, 2.24) is 0 Å². The van der Waals surface area contributed by atoms with Gasteiger partial charge in [0.2, 0.25) is 5.91 Å². The van der Waals surface area contributed by atoms with Crippen molar-refractivity contribution in [1.29, 1.82) is 0 Å². The summed E-state index contributed by atoms with van der Waals surface area (Å²) in [6.45, 7) is 11.7. The Bertz CT molecular complexity index is 92.5. The summed E-state index contributed by atoms with van der Waals surface area (Å²) in [5.41, 5.74) is 10.2. The van der Waals surface area contributed by atoms with Gasteiger partial charge in [-0.3, -0.25) is 4.79 Å². The first-order valence-corrected chi connectivity index (χ1v) is 4.60. The first kappa shape index (κ1) is 17.5. The average Bonchev–Trinajstić information content (AvgIpc) is 2.10. The van der Waals surface area contributed by atoms with Crippen LogP contribution in [0, 0.1) is 5.92 Å². The third kappa shape index (κ3) is 12.1. The van der Waals surface area contributed by atoms with Crippen molar-refractivity contribution in [3.63, 3.8) is 0 Å². The van der Waals surface area contributed by atoms with Crippen molar-refractivity contribution >= 4 is 5.91 Å². The number of primary amides is 1. The maximum absolute atomic E-state index is 10.2. The fraction of sp³-hybridized carbons (Fsp3) is 0.889. The predicted octanol–water partition coefficient (Wildman–Crippen LogP) is 1.51. The van der Waals surface area contributed by atoms with Crippen molar-refractivity contribution in [2.75, 3.05) is 0 Å². The molecule has 0 heterocycles. The molecule has 12 heavy (non-hydrogen) atoms. The largest absolute Gasteiger partial charge is 0.368 e. The van der Waals surface area contributed by atoms with Crippen molar-refractivity contribution in [3.8, 4) is 0 Å². The topological polar surface area (TPSA) is 69.1 Å². The van der Waals surface area contributed by atoms with Crippen LogP contribution in [0.4, 0.5) is 0 Å². The zero-order valence-electron chi connectivity index (χ0n) is 9.22. The minimum Gasteiger partial charge on any atom is -0.368 e. The van der Waals surface area contributed by atoms with Gasteiger partial charge in [0.25, 0.3) is 0 Å². The van der Waals surface area contributed by atoms with Crippen LogP contribution >= 0.6 is 0 Å². The van der Waals surface area contributed by atoms with E-state index in [0.717, 1.165) is 0 Å². The van der Waals surface area contributed by atoms with E-state index in [0.29, 0.717) is 0 Å². The third-order valence-electron chi connectivity index (χ3n) is 1.05. The van der Waals surface area contributed by atoms with Crippen LogP contribution in [-0.2, 0) is 4.79 Å². The predicted molar refractivity (Wildman–Crippen MR) is 54.7 cm³/mol. The Kier molecular flexibility index (Phi) is 19.0.